The van der Waals surface area contributed by atoms with Crippen LogP contribution in [0.3, 0.4) is 0 Å². The van der Waals surface area contributed by atoms with E-state index in [0.29, 0.717) is 0 Å². The molecule has 2 saturated heterocycles. The van der Waals surface area contributed by atoms with Gasteiger partial charge in [0.25, 0.3) is 5.91 Å². The first-order chi connectivity index (χ1) is 14.5. The number of carbonyl (C=O) groups is 3. The third-order valence-corrected chi connectivity index (χ3v) is 4.66. The van der Waals surface area contributed by atoms with Gasteiger partial charge in [-0.05, 0) is 55.4 Å². The fourth-order valence-corrected chi connectivity index (χ4v) is 3.55. The lowest BCUT2D eigenvalue weighted by Gasteiger charge is -2.33. The van der Waals surface area contributed by atoms with Gasteiger partial charge in [-0.25, -0.2) is 9.59 Å². The highest BCUT2D eigenvalue weighted by Gasteiger charge is 2.55. The van der Waals surface area contributed by atoms with Crippen LogP contribution >= 0.6 is 0 Å². The number of esters is 1. The number of fused-ring (bicyclic) bond motifs is 1. The maximum Gasteiger partial charge on any atom is 0.331 e. The first-order valence-electron chi connectivity index (χ1n) is 10.6. The van der Waals surface area contributed by atoms with E-state index in [0.717, 1.165) is 17.1 Å². The molecule has 3 amide bonds. The first kappa shape index (κ1) is 26.2. The number of ether oxygens (including phenoxy) is 5. The van der Waals surface area contributed by atoms with Gasteiger partial charge in [0.05, 0.1) is 0 Å². The second kappa shape index (κ2) is 9.46. The fourth-order valence-electron chi connectivity index (χ4n) is 3.55. The van der Waals surface area contributed by atoms with Gasteiger partial charge in [-0.2, -0.15) is 0 Å². The molecule has 2 heterocycles. The molecule has 0 saturated carbocycles. The Morgan fingerprint density at radius 3 is 2.16 bits per heavy atom. The van der Waals surface area contributed by atoms with E-state index in [4.69, 9.17) is 23.7 Å². The first-order valence-corrected chi connectivity index (χ1v) is 10.6. The summed E-state index contributed by atoms with van der Waals surface area (Å²) < 4.78 is 28.0. The van der Waals surface area contributed by atoms with Crippen LogP contribution in [0, 0.1) is 0 Å². The molecule has 32 heavy (non-hydrogen) atoms. The number of methoxy groups -OCH3 is 1. The molecule has 10 heteroatoms. The van der Waals surface area contributed by atoms with E-state index >= 15 is 0 Å². The number of rotatable bonds is 5. The Bertz CT molecular complexity index is 750. The van der Waals surface area contributed by atoms with E-state index in [9.17, 15) is 14.4 Å². The van der Waals surface area contributed by atoms with Crippen LogP contribution in [-0.2, 0) is 33.3 Å². The van der Waals surface area contributed by atoms with Crippen molar-refractivity contribution in [1.29, 1.82) is 0 Å². The van der Waals surface area contributed by atoms with Crippen molar-refractivity contribution in [2.45, 2.75) is 96.9 Å². The van der Waals surface area contributed by atoms with Gasteiger partial charge < -0.3 is 29.0 Å². The molecule has 1 N–H and O–H groups in total. The second-order valence-electron chi connectivity index (χ2n) is 10.2. The molecule has 2 rings (SSSR count). The highest BCUT2D eigenvalue weighted by atomic mass is 16.8. The average Bonchev–Trinajstić information content (AvgIpc) is 3.08. The number of nitrogens with one attached hydrogen (secondary N) is 1. The van der Waals surface area contributed by atoms with Gasteiger partial charge in [0.15, 0.2) is 12.1 Å². The molecule has 0 unspecified atom stereocenters. The standard InChI is InChI=1S/C22H36N2O8/c1-20(2,3)24(14(25)10-11-15(26)30-21(4,5)6)19(27)23-12-13-16-17(18(28-9)29-13)32-22(7,8)31-16/h10-11,13,16-18H,12H2,1-9H3,(H,23,27)/b11-10+/t13-,16-,17-,18-/m1/s1. The molecule has 2 aliphatic rings. The van der Waals surface area contributed by atoms with Crippen LogP contribution in [0.5, 0.6) is 0 Å². The molecule has 2 aliphatic heterocycles. The van der Waals surface area contributed by atoms with Crippen LogP contribution in [0.15, 0.2) is 12.2 Å². The molecule has 4 atom stereocenters. The minimum absolute atomic E-state index is 0.0783. The number of amides is 3. The summed E-state index contributed by atoms with van der Waals surface area (Å²) in [4.78, 5) is 38.6. The number of nitrogens with zero attached hydrogens (tertiary/aromatic N) is 1. The largest absolute Gasteiger partial charge is 0.457 e. The average molecular weight is 457 g/mol. The molecule has 0 radical (unpaired) electrons. The quantitative estimate of drug-likeness (QED) is 0.494. The highest BCUT2D eigenvalue weighted by molar-refractivity contribution is 6.03. The molecular formula is C22H36N2O8. The summed E-state index contributed by atoms with van der Waals surface area (Å²) in [5.41, 5.74) is -1.53. The van der Waals surface area contributed by atoms with E-state index in [1.807, 2.05) is 0 Å². The highest BCUT2D eigenvalue weighted by Crippen LogP contribution is 2.38. The molecule has 0 aromatic rings. The number of urea groups is 1. The second-order valence-corrected chi connectivity index (χ2v) is 10.2. The van der Waals surface area contributed by atoms with Crippen molar-refractivity contribution >= 4 is 17.9 Å². The lowest BCUT2D eigenvalue weighted by molar-refractivity contribution is -0.226. The van der Waals surface area contributed by atoms with Gasteiger partial charge in [-0.1, -0.05) is 0 Å². The number of carbonyl (C=O) groups excluding carboxylic acids is 3. The van der Waals surface area contributed by atoms with Crippen molar-refractivity contribution in [3.8, 4) is 0 Å². The summed E-state index contributed by atoms with van der Waals surface area (Å²) in [6, 6.07) is -0.629. The van der Waals surface area contributed by atoms with E-state index in [1.54, 1.807) is 55.4 Å². The van der Waals surface area contributed by atoms with Gasteiger partial charge in [0.1, 0.15) is 23.9 Å². The van der Waals surface area contributed by atoms with Crippen LogP contribution in [0.1, 0.15) is 55.4 Å². The van der Waals surface area contributed by atoms with Crippen molar-refractivity contribution in [2.24, 2.45) is 0 Å². The zero-order valence-electron chi connectivity index (χ0n) is 20.4. The Morgan fingerprint density at radius 2 is 1.62 bits per heavy atom. The summed E-state index contributed by atoms with van der Waals surface area (Å²) >= 11 is 0. The van der Waals surface area contributed by atoms with Gasteiger partial charge in [0.2, 0.25) is 0 Å². The van der Waals surface area contributed by atoms with Crippen molar-refractivity contribution in [3.63, 3.8) is 0 Å². The topological polar surface area (TPSA) is 113 Å². The van der Waals surface area contributed by atoms with E-state index < -0.39 is 59.4 Å². The molecule has 0 bridgehead atoms. The third kappa shape index (κ3) is 6.74. The van der Waals surface area contributed by atoms with E-state index in [-0.39, 0.29) is 6.54 Å². The molecule has 182 valence electrons. The van der Waals surface area contributed by atoms with Crippen LogP contribution < -0.4 is 5.32 Å². The zero-order valence-corrected chi connectivity index (χ0v) is 20.4. The van der Waals surface area contributed by atoms with Gasteiger partial charge >= 0.3 is 12.0 Å². The van der Waals surface area contributed by atoms with Gasteiger partial charge in [-0.15, -0.1) is 0 Å². The van der Waals surface area contributed by atoms with Crippen LogP contribution in [0.2, 0.25) is 0 Å². The van der Waals surface area contributed by atoms with Gasteiger partial charge in [0, 0.05) is 31.3 Å². The maximum atomic E-state index is 12.9. The molecule has 0 aromatic carbocycles. The summed E-state index contributed by atoms with van der Waals surface area (Å²) in [6.45, 7) is 14.0. The Morgan fingerprint density at radius 1 is 1.03 bits per heavy atom. The zero-order chi connectivity index (χ0) is 24.5. The molecule has 0 aliphatic carbocycles. The predicted octanol–water partition coefficient (Wildman–Crippen LogP) is 2.11. The fraction of sp³-hybridized carbons (Fsp3) is 0.773. The van der Waals surface area contributed by atoms with Crippen molar-refractivity contribution in [3.05, 3.63) is 12.2 Å². The van der Waals surface area contributed by atoms with Crippen molar-refractivity contribution < 1.29 is 38.1 Å². The van der Waals surface area contributed by atoms with Gasteiger partial charge in [-0.3, -0.25) is 9.69 Å². The minimum atomic E-state index is -0.845. The Hall–Kier alpha value is -2.01. The molecule has 10 nitrogen and oxygen atoms in total. The number of imide groups is 1. The monoisotopic (exact) mass is 456 g/mol. The van der Waals surface area contributed by atoms with Crippen LogP contribution in [0.4, 0.5) is 4.79 Å². The molecule has 0 aromatic heterocycles. The Kier molecular flexibility index (Phi) is 7.76. The van der Waals surface area contributed by atoms with Crippen LogP contribution in [-0.4, -0.2) is 78.0 Å². The molecule has 0 spiro atoms. The summed E-state index contributed by atoms with van der Waals surface area (Å²) in [5.74, 6) is -2.11. The SMILES string of the molecule is CO[C@@H]1O[C@H](CNC(=O)N(C(=O)/C=C/C(=O)OC(C)(C)C)C(C)(C)C)[C@H]2OC(C)(C)O[C@@H]12. The van der Waals surface area contributed by atoms with Crippen molar-refractivity contribution in [1.82, 2.24) is 10.2 Å². The molecule has 2 fully saturated rings. The molecular weight excluding hydrogens is 420 g/mol. The Labute approximate surface area is 189 Å². The van der Waals surface area contributed by atoms with E-state index in [1.165, 1.54) is 7.11 Å². The summed E-state index contributed by atoms with van der Waals surface area (Å²) in [7, 11) is 1.51. The van der Waals surface area contributed by atoms with Crippen molar-refractivity contribution in [2.75, 3.05) is 13.7 Å². The number of hydrogen-bond donors (Lipinski definition) is 1. The normalized spacial score (nSPS) is 27.3. The predicted molar refractivity (Wildman–Crippen MR) is 114 cm³/mol. The Balaban J connectivity index is 2.04. The maximum absolute atomic E-state index is 12.9. The third-order valence-electron chi connectivity index (χ3n) is 4.66. The van der Waals surface area contributed by atoms with Crippen LogP contribution in [0.25, 0.3) is 0 Å². The lowest BCUT2D eigenvalue weighted by atomic mass is 10.1. The summed E-state index contributed by atoms with van der Waals surface area (Å²) in [6.07, 6.45) is 0.0401. The number of hydrogen-bond acceptors (Lipinski definition) is 8. The summed E-state index contributed by atoms with van der Waals surface area (Å²) in [5, 5.41) is 2.72. The minimum Gasteiger partial charge on any atom is -0.457 e. The lowest BCUT2D eigenvalue weighted by Crippen LogP contribution is -2.54. The van der Waals surface area contributed by atoms with E-state index in [2.05, 4.69) is 5.32 Å². The smallest absolute Gasteiger partial charge is 0.331 e.